The van der Waals surface area contributed by atoms with Gasteiger partial charge in [-0.25, -0.2) is 0 Å². The third kappa shape index (κ3) is 4.35. The average Bonchev–Trinajstić information content (AvgIpc) is 2.46. The topological polar surface area (TPSA) is 64.4 Å². The van der Waals surface area contributed by atoms with E-state index in [0.717, 1.165) is 12.8 Å². The Labute approximate surface area is 123 Å². The average molecular weight is 299 g/mol. The Hall–Kier alpha value is -1.33. The number of nitro benzene ring substituents is 1. The van der Waals surface area contributed by atoms with Gasteiger partial charge in [0.2, 0.25) is 0 Å². The largest absolute Gasteiger partial charge is 0.382 e. The Morgan fingerprint density at radius 3 is 2.75 bits per heavy atom. The molecular weight excluding hydrogens is 280 g/mol. The number of nitro groups is 1. The van der Waals surface area contributed by atoms with Crippen LogP contribution in [0.15, 0.2) is 18.2 Å². The SMILES string of the molecule is O=[N+]([O-])c1ccc(NCCOC2CCCCC2)c(Cl)c1. The van der Waals surface area contributed by atoms with Crippen LogP contribution < -0.4 is 5.32 Å². The smallest absolute Gasteiger partial charge is 0.271 e. The molecule has 0 heterocycles. The Bertz CT molecular complexity index is 462. The first-order valence-electron chi connectivity index (χ1n) is 6.96. The molecule has 0 aromatic heterocycles. The van der Waals surface area contributed by atoms with Crippen LogP contribution in [0, 0.1) is 10.1 Å². The molecule has 1 aliphatic carbocycles. The van der Waals surface area contributed by atoms with Crippen LogP contribution in [0.4, 0.5) is 11.4 Å². The molecule has 1 N–H and O–H groups in total. The van der Waals surface area contributed by atoms with E-state index in [4.69, 9.17) is 16.3 Å². The van der Waals surface area contributed by atoms with Crippen molar-refractivity contribution in [1.29, 1.82) is 0 Å². The molecule has 20 heavy (non-hydrogen) atoms. The third-order valence-electron chi connectivity index (χ3n) is 3.49. The van der Waals surface area contributed by atoms with Crippen LogP contribution in [-0.2, 0) is 4.74 Å². The molecule has 0 spiro atoms. The lowest BCUT2D eigenvalue weighted by Crippen LogP contribution is -2.20. The quantitative estimate of drug-likeness (QED) is 0.489. The molecule has 1 aromatic rings. The van der Waals surface area contributed by atoms with E-state index in [-0.39, 0.29) is 5.69 Å². The summed E-state index contributed by atoms with van der Waals surface area (Å²) in [4.78, 5) is 10.1. The van der Waals surface area contributed by atoms with Crippen molar-refractivity contribution in [2.45, 2.75) is 38.2 Å². The molecule has 0 aliphatic heterocycles. The fourth-order valence-corrected chi connectivity index (χ4v) is 2.65. The van der Waals surface area contributed by atoms with Gasteiger partial charge in [0.1, 0.15) is 0 Å². The van der Waals surface area contributed by atoms with Crippen molar-refractivity contribution in [2.75, 3.05) is 18.5 Å². The molecule has 0 amide bonds. The van der Waals surface area contributed by atoms with Crippen molar-refractivity contribution in [1.82, 2.24) is 0 Å². The van der Waals surface area contributed by atoms with Crippen molar-refractivity contribution in [3.63, 3.8) is 0 Å². The standard InChI is InChI=1S/C14H19ClN2O3/c15-13-10-11(17(18)19)6-7-14(13)16-8-9-20-12-4-2-1-3-5-12/h6-7,10,12,16H,1-5,8-9H2. The summed E-state index contributed by atoms with van der Waals surface area (Å²) in [6.45, 7) is 1.27. The van der Waals surface area contributed by atoms with Crippen LogP contribution >= 0.6 is 11.6 Å². The van der Waals surface area contributed by atoms with Crippen molar-refractivity contribution >= 4 is 23.0 Å². The van der Waals surface area contributed by atoms with E-state index in [1.807, 2.05) is 0 Å². The molecule has 0 saturated heterocycles. The molecule has 1 fully saturated rings. The second-order valence-electron chi connectivity index (χ2n) is 4.98. The third-order valence-corrected chi connectivity index (χ3v) is 3.80. The second-order valence-corrected chi connectivity index (χ2v) is 5.39. The van der Waals surface area contributed by atoms with Crippen molar-refractivity contribution in [3.8, 4) is 0 Å². The van der Waals surface area contributed by atoms with Crippen molar-refractivity contribution in [2.24, 2.45) is 0 Å². The number of nitrogens with zero attached hydrogens (tertiary/aromatic N) is 1. The van der Waals surface area contributed by atoms with Crippen LogP contribution in [-0.4, -0.2) is 24.2 Å². The summed E-state index contributed by atoms with van der Waals surface area (Å²) in [7, 11) is 0. The molecule has 1 aliphatic rings. The van der Waals surface area contributed by atoms with Gasteiger partial charge < -0.3 is 10.1 Å². The van der Waals surface area contributed by atoms with E-state index in [9.17, 15) is 10.1 Å². The normalized spacial score (nSPS) is 16.1. The molecule has 1 aromatic carbocycles. The Kier molecular flexibility index (Phi) is 5.61. The predicted molar refractivity (Wildman–Crippen MR) is 79.4 cm³/mol. The maximum atomic E-state index is 10.6. The first kappa shape index (κ1) is 15.1. The van der Waals surface area contributed by atoms with E-state index in [0.29, 0.717) is 30.0 Å². The number of non-ortho nitro benzene ring substituents is 1. The highest BCUT2D eigenvalue weighted by Crippen LogP contribution is 2.26. The first-order chi connectivity index (χ1) is 9.66. The van der Waals surface area contributed by atoms with Crippen LogP contribution in [0.25, 0.3) is 0 Å². The highest BCUT2D eigenvalue weighted by molar-refractivity contribution is 6.33. The molecular formula is C14H19ClN2O3. The lowest BCUT2D eigenvalue weighted by molar-refractivity contribution is -0.384. The van der Waals surface area contributed by atoms with Crippen molar-refractivity contribution < 1.29 is 9.66 Å². The Balaban J connectivity index is 1.74. The van der Waals surface area contributed by atoms with E-state index < -0.39 is 4.92 Å². The number of halogens is 1. The number of hydrogen-bond acceptors (Lipinski definition) is 4. The molecule has 0 bridgehead atoms. The van der Waals surface area contributed by atoms with E-state index in [2.05, 4.69) is 5.32 Å². The van der Waals surface area contributed by atoms with Gasteiger partial charge in [-0.3, -0.25) is 10.1 Å². The Morgan fingerprint density at radius 2 is 2.10 bits per heavy atom. The van der Waals surface area contributed by atoms with Gasteiger partial charge in [-0.2, -0.15) is 0 Å². The van der Waals surface area contributed by atoms with Crippen molar-refractivity contribution in [3.05, 3.63) is 33.3 Å². The van der Waals surface area contributed by atoms with Crippen LogP contribution in [0.3, 0.4) is 0 Å². The van der Waals surface area contributed by atoms with E-state index in [1.54, 1.807) is 6.07 Å². The maximum absolute atomic E-state index is 10.6. The lowest BCUT2D eigenvalue weighted by atomic mass is 9.98. The fourth-order valence-electron chi connectivity index (χ4n) is 2.40. The van der Waals surface area contributed by atoms with Crippen LogP contribution in [0.5, 0.6) is 0 Å². The number of anilines is 1. The van der Waals surface area contributed by atoms with Gasteiger partial charge in [0.25, 0.3) is 5.69 Å². The number of nitrogens with one attached hydrogen (secondary N) is 1. The summed E-state index contributed by atoms with van der Waals surface area (Å²) >= 11 is 5.99. The van der Waals surface area contributed by atoms with Crippen LogP contribution in [0.2, 0.25) is 5.02 Å². The highest BCUT2D eigenvalue weighted by atomic mass is 35.5. The maximum Gasteiger partial charge on any atom is 0.271 e. The lowest BCUT2D eigenvalue weighted by Gasteiger charge is -2.22. The molecule has 1 saturated carbocycles. The van der Waals surface area contributed by atoms with Gasteiger partial charge in [0.05, 0.1) is 28.3 Å². The second kappa shape index (κ2) is 7.45. The molecule has 110 valence electrons. The summed E-state index contributed by atoms with van der Waals surface area (Å²) in [6, 6.07) is 4.42. The minimum atomic E-state index is -0.457. The molecule has 6 heteroatoms. The number of ether oxygens (including phenoxy) is 1. The van der Waals surface area contributed by atoms with Crippen LogP contribution in [0.1, 0.15) is 32.1 Å². The molecule has 5 nitrogen and oxygen atoms in total. The number of rotatable bonds is 6. The molecule has 2 rings (SSSR count). The summed E-state index contributed by atoms with van der Waals surface area (Å²) < 4.78 is 5.79. The summed E-state index contributed by atoms with van der Waals surface area (Å²) in [5.74, 6) is 0. The van der Waals surface area contributed by atoms with E-state index >= 15 is 0 Å². The predicted octanol–water partition coefficient (Wildman–Crippen LogP) is 4.01. The Morgan fingerprint density at radius 1 is 1.35 bits per heavy atom. The summed E-state index contributed by atoms with van der Waals surface area (Å²) in [6.07, 6.45) is 6.52. The zero-order chi connectivity index (χ0) is 14.4. The minimum absolute atomic E-state index is 0.000921. The summed E-state index contributed by atoms with van der Waals surface area (Å²) in [5.41, 5.74) is 0.698. The van der Waals surface area contributed by atoms with Gasteiger partial charge in [0.15, 0.2) is 0 Å². The van der Waals surface area contributed by atoms with Gasteiger partial charge >= 0.3 is 0 Å². The fraction of sp³-hybridized carbons (Fsp3) is 0.571. The first-order valence-corrected chi connectivity index (χ1v) is 7.34. The van der Waals surface area contributed by atoms with Gasteiger partial charge in [-0.15, -0.1) is 0 Å². The van der Waals surface area contributed by atoms with E-state index in [1.165, 1.54) is 31.4 Å². The zero-order valence-corrected chi connectivity index (χ0v) is 12.1. The van der Waals surface area contributed by atoms with Gasteiger partial charge in [0, 0.05) is 18.7 Å². The molecule has 0 radical (unpaired) electrons. The van der Waals surface area contributed by atoms with Gasteiger partial charge in [-0.1, -0.05) is 30.9 Å². The highest BCUT2D eigenvalue weighted by Gasteiger charge is 2.13. The minimum Gasteiger partial charge on any atom is -0.382 e. The molecule has 0 unspecified atom stereocenters. The summed E-state index contributed by atoms with van der Waals surface area (Å²) in [5, 5.41) is 14.1. The molecule has 0 atom stereocenters. The monoisotopic (exact) mass is 298 g/mol. The number of hydrogen-bond donors (Lipinski definition) is 1. The number of benzene rings is 1. The van der Waals surface area contributed by atoms with Gasteiger partial charge in [-0.05, 0) is 18.9 Å². The zero-order valence-electron chi connectivity index (χ0n) is 11.3.